The number of ether oxygens (including phenoxy) is 1. The van der Waals surface area contributed by atoms with Crippen molar-refractivity contribution in [2.24, 2.45) is 0 Å². The minimum absolute atomic E-state index is 0.223. The van der Waals surface area contributed by atoms with Crippen LogP contribution < -0.4 is 10.6 Å². The summed E-state index contributed by atoms with van der Waals surface area (Å²) >= 11 is 0. The van der Waals surface area contributed by atoms with Crippen molar-refractivity contribution in [3.05, 3.63) is 17.8 Å². The Labute approximate surface area is 112 Å². The van der Waals surface area contributed by atoms with Gasteiger partial charge in [-0.3, -0.25) is 10.1 Å². The summed E-state index contributed by atoms with van der Waals surface area (Å²) in [5.74, 6) is 0.156. The van der Waals surface area contributed by atoms with Crippen LogP contribution in [0.5, 0.6) is 0 Å². The molecule has 0 saturated carbocycles. The molecule has 6 heteroatoms. The molecule has 0 aromatic carbocycles. The van der Waals surface area contributed by atoms with Gasteiger partial charge in [-0.05, 0) is 33.3 Å². The molecule has 1 aromatic rings. The number of aromatic nitrogens is 1. The highest BCUT2D eigenvalue weighted by Crippen LogP contribution is 2.19. The number of carbonyl (C=O) groups excluding carboxylic acids is 2. The first kappa shape index (κ1) is 14.9. The van der Waals surface area contributed by atoms with Gasteiger partial charge < -0.3 is 10.1 Å². The standard InChI is InChI=1S/C13H19N3O3/c1-8-7-14-11(15-9(2)17)6-10(8)16-12(18)19-13(3,4)5/h6-7H,1-5H3,(H2,14,15,16,17,18). The number of rotatable bonds is 2. The molecule has 0 bridgehead atoms. The number of nitrogens with one attached hydrogen (secondary N) is 2. The topological polar surface area (TPSA) is 80.3 Å². The minimum Gasteiger partial charge on any atom is -0.444 e. The molecule has 1 aromatic heterocycles. The molecule has 2 N–H and O–H groups in total. The molecule has 0 aliphatic heterocycles. The van der Waals surface area contributed by atoms with E-state index in [1.165, 1.54) is 6.92 Å². The molecule has 1 rings (SSSR count). The van der Waals surface area contributed by atoms with Crippen LogP contribution in [0.4, 0.5) is 16.3 Å². The summed E-state index contributed by atoms with van der Waals surface area (Å²) in [4.78, 5) is 26.7. The average Bonchev–Trinajstić information content (AvgIpc) is 2.19. The highest BCUT2D eigenvalue weighted by Gasteiger charge is 2.17. The molecule has 6 nitrogen and oxygen atoms in total. The summed E-state index contributed by atoms with van der Waals surface area (Å²) in [6.45, 7) is 8.55. The van der Waals surface area contributed by atoms with Gasteiger partial charge in [0.1, 0.15) is 11.4 Å². The molecule has 0 fully saturated rings. The summed E-state index contributed by atoms with van der Waals surface area (Å²) in [7, 11) is 0. The second kappa shape index (κ2) is 5.69. The van der Waals surface area contributed by atoms with Crippen LogP contribution in [0.25, 0.3) is 0 Å². The zero-order valence-corrected chi connectivity index (χ0v) is 11.8. The smallest absolute Gasteiger partial charge is 0.412 e. The van der Waals surface area contributed by atoms with Crippen LogP contribution >= 0.6 is 0 Å². The largest absolute Gasteiger partial charge is 0.444 e. The fraction of sp³-hybridized carbons (Fsp3) is 0.462. The van der Waals surface area contributed by atoms with Gasteiger partial charge >= 0.3 is 6.09 Å². The number of pyridine rings is 1. The lowest BCUT2D eigenvalue weighted by Gasteiger charge is -2.20. The molecule has 0 unspecified atom stereocenters. The van der Waals surface area contributed by atoms with Crippen LogP contribution in [0.1, 0.15) is 33.3 Å². The van der Waals surface area contributed by atoms with Gasteiger partial charge in [0.05, 0.1) is 5.69 Å². The zero-order valence-electron chi connectivity index (χ0n) is 11.8. The third-order valence-electron chi connectivity index (χ3n) is 2.04. The fourth-order valence-electron chi connectivity index (χ4n) is 1.32. The van der Waals surface area contributed by atoms with Crippen LogP contribution in [0.15, 0.2) is 12.3 Å². The molecule has 0 aliphatic carbocycles. The number of anilines is 2. The maximum absolute atomic E-state index is 11.7. The van der Waals surface area contributed by atoms with Gasteiger partial charge in [0, 0.05) is 19.2 Å². The molecule has 1 heterocycles. The lowest BCUT2D eigenvalue weighted by Crippen LogP contribution is -2.27. The molecule has 0 spiro atoms. The van der Waals surface area contributed by atoms with Gasteiger partial charge in [-0.1, -0.05) is 0 Å². The minimum atomic E-state index is -0.564. The zero-order chi connectivity index (χ0) is 14.6. The van der Waals surface area contributed by atoms with Crippen molar-refractivity contribution in [1.29, 1.82) is 0 Å². The molecule has 2 amide bonds. The Balaban J connectivity index is 2.82. The van der Waals surface area contributed by atoms with Crippen LogP contribution in [-0.2, 0) is 9.53 Å². The number of aryl methyl sites for hydroxylation is 1. The van der Waals surface area contributed by atoms with E-state index in [0.29, 0.717) is 11.5 Å². The Bertz CT molecular complexity index is 492. The summed E-state index contributed by atoms with van der Waals surface area (Å²) in [6.07, 6.45) is 1.02. The molecule has 19 heavy (non-hydrogen) atoms. The summed E-state index contributed by atoms with van der Waals surface area (Å²) in [5.41, 5.74) is 0.763. The molecule has 0 atom stereocenters. The third kappa shape index (κ3) is 5.37. The van der Waals surface area contributed by atoms with Crippen molar-refractivity contribution >= 4 is 23.5 Å². The molecule has 0 aliphatic rings. The van der Waals surface area contributed by atoms with Crippen molar-refractivity contribution in [1.82, 2.24) is 4.98 Å². The number of carbonyl (C=O) groups is 2. The van der Waals surface area contributed by atoms with E-state index in [1.807, 2.05) is 0 Å². The Hall–Kier alpha value is -2.11. The van der Waals surface area contributed by atoms with E-state index in [4.69, 9.17) is 4.74 Å². The third-order valence-corrected chi connectivity index (χ3v) is 2.04. The Morgan fingerprint density at radius 3 is 2.42 bits per heavy atom. The van der Waals surface area contributed by atoms with Crippen LogP contribution in [0.3, 0.4) is 0 Å². The molecular formula is C13H19N3O3. The fourth-order valence-corrected chi connectivity index (χ4v) is 1.32. The second-order valence-corrected chi connectivity index (χ2v) is 5.19. The molecule has 0 saturated heterocycles. The predicted octanol–water partition coefficient (Wildman–Crippen LogP) is 2.70. The molecule has 104 valence electrons. The Morgan fingerprint density at radius 2 is 1.89 bits per heavy atom. The number of hydrogen-bond acceptors (Lipinski definition) is 4. The van der Waals surface area contributed by atoms with E-state index >= 15 is 0 Å². The van der Waals surface area contributed by atoms with E-state index in [2.05, 4.69) is 15.6 Å². The Morgan fingerprint density at radius 1 is 1.26 bits per heavy atom. The Kier molecular flexibility index (Phi) is 4.47. The van der Waals surface area contributed by atoms with E-state index in [0.717, 1.165) is 5.56 Å². The lowest BCUT2D eigenvalue weighted by molar-refractivity contribution is -0.114. The maximum atomic E-state index is 11.7. The molecular weight excluding hydrogens is 246 g/mol. The first-order valence-corrected chi connectivity index (χ1v) is 5.91. The monoisotopic (exact) mass is 265 g/mol. The van der Waals surface area contributed by atoms with E-state index < -0.39 is 11.7 Å². The van der Waals surface area contributed by atoms with E-state index in [-0.39, 0.29) is 5.91 Å². The van der Waals surface area contributed by atoms with Gasteiger partial charge in [0.2, 0.25) is 5.91 Å². The number of hydrogen-bond donors (Lipinski definition) is 2. The molecule has 0 radical (unpaired) electrons. The van der Waals surface area contributed by atoms with Crippen molar-refractivity contribution in [2.75, 3.05) is 10.6 Å². The highest BCUT2D eigenvalue weighted by molar-refractivity contribution is 5.90. The van der Waals surface area contributed by atoms with Gasteiger partial charge in [0.15, 0.2) is 0 Å². The van der Waals surface area contributed by atoms with E-state index in [9.17, 15) is 9.59 Å². The SMILES string of the molecule is CC(=O)Nc1cc(NC(=O)OC(C)(C)C)c(C)cn1. The first-order valence-electron chi connectivity index (χ1n) is 5.91. The average molecular weight is 265 g/mol. The highest BCUT2D eigenvalue weighted by atomic mass is 16.6. The second-order valence-electron chi connectivity index (χ2n) is 5.19. The van der Waals surface area contributed by atoms with Crippen molar-refractivity contribution in [3.63, 3.8) is 0 Å². The number of nitrogens with zero attached hydrogens (tertiary/aromatic N) is 1. The van der Waals surface area contributed by atoms with Crippen LogP contribution in [0.2, 0.25) is 0 Å². The lowest BCUT2D eigenvalue weighted by atomic mass is 10.2. The van der Waals surface area contributed by atoms with Crippen LogP contribution in [-0.4, -0.2) is 22.6 Å². The van der Waals surface area contributed by atoms with Crippen molar-refractivity contribution in [2.45, 2.75) is 40.2 Å². The summed E-state index contributed by atoms with van der Waals surface area (Å²) in [6, 6.07) is 1.58. The van der Waals surface area contributed by atoms with Gasteiger partial charge in [-0.2, -0.15) is 0 Å². The van der Waals surface area contributed by atoms with Crippen LogP contribution in [0, 0.1) is 6.92 Å². The van der Waals surface area contributed by atoms with Gasteiger partial charge in [-0.15, -0.1) is 0 Å². The quantitative estimate of drug-likeness (QED) is 0.861. The maximum Gasteiger partial charge on any atom is 0.412 e. The van der Waals surface area contributed by atoms with Gasteiger partial charge in [-0.25, -0.2) is 9.78 Å². The number of amides is 2. The van der Waals surface area contributed by atoms with E-state index in [1.54, 1.807) is 40.0 Å². The normalized spacial score (nSPS) is 10.8. The first-order chi connectivity index (χ1) is 8.67. The van der Waals surface area contributed by atoms with Crippen molar-refractivity contribution < 1.29 is 14.3 Å². The summed E-state index contributed by atoms with van der Waals surface area (Å²) in [5, 5.41) is 5.18. The summed E-state index contributed by atoms with van der Waals surface area (Å²) < 4.78 is 5.16. The predicted molar refractivity (Wildman–Crippen MR) is 73.1 cm³/mol. The van der Waals surface area contributed by atoms with Gasteiger partial charge in [0.25, 0.3) is 0 Å². The van der Waals surface area contributed by atoms with Crippen molar-refractivity contribution in [3.8, 4) is 0 Å².